The number of amides is 1. The Morgan fingerprint density at radius 2 is 1.97 bits per heavy atom. The fraction of sp³-hybridized carbons (Fsp3) is 0.174. The largest absolute Gasteiger partial charge is 0.495 e. The maximum absolute atomic E-state index is 12.7. The molecule has 31 heavy (non-hydrogen) atoms. The molecular formula is C23H20Cl2N4O2. The Labute approximate surface area is 190 Å². The van der Waals surface area contributed by atoms with Crippen LogP contribution in [0.25, 0.3) is 6.08 Å². The van der Waals surface area contributed by atoms with Crippen molar-refractivity contribution in [1.82, 2.24) is 9.78 Å². The molecule has 3 rings (SSSR count). The molecule has 3 aromatic rings. The summed E-state index contributed by atoms with van der Waals surface area (Å²) >= 11 is 12.4. The Balaban J connectivity index is 1.86. The highest BCUT2D eigenvalue weighted by Crippen LogP contribution is 2.27. The van der Waals surface area contributed by atoms with Gasteiger partial charge in [-0.05, 0) is 49.8 Å². The molecule has 0 aliphatic heterocycles. The number of nitriles is 1. The van der Waals surface area contributed by atoms with Gasteiger partial charge in [-0.15, -0.1) is 0 Å². The molecule has 6 nitrogen and oxygen atoms in total. The number of carbonyl (C=O) groups excluding carboxylic acids is 1. The van der Waals surface area contributed by atoms with Gasteiger partial charge in [0.05, 0.1) is 24.4 Å². The van der Waals surface area contributed by atoms with E-state index in [-0.39, 0.29) is 5.57 Å². The maximum atomic E-state index is 12.7. The van der Waals surface area contributed by atoms with Crippen molar-refractivity contribution in [3.63, 3.8) is 0 Å². The van der Waals surface area contributed by atoms with Gasteiger partial charge in [-0.1, -0.05) is 41.4 Å². The SMILES string of the molecule is COc1ccc(NC(=O)/C(C#N)=C/c2c(C)nn(Cc3ccccc3Cl)c2C)cc1Cl. The third-order valence-electron chi connectivity index (χ3n) is 4.78. The first-order valence-electron chi connectivity index (χ1n) is 9.38. The molecule has 0 unspecified atom stereocenters. The summed E-state index contributed by atoms with van der Waals surface area (Å²) in [6, 6.07) is 14.4. The van der Waals surface area contributed by atoms with E-state index in [1.807, 2.05) is 44.2 Å². The van der Waals surface area contributed by atoms with Gasteiger partial charge in [0.15, 0.2) is 0 Å². The van der Waals surface area contributed by atoms with Gasteiger partial charge in [-0.25, -0.2) is 0 Å². The first-order valence-corrected chi connectivity index (χ1v) is 10.1. The zero-order valence-corrected chi connectivity index (χ0v) is 18.8. The van der Waals surface area contributed by atoms with Gasteiger partial charge in [0.2, 0.25) is 0 Å². The van der Waals surface area contributed by atoms with Crippen molar-refractivity contribution in [3.05, 3.63) is 80.6 Å². The van der Waals surface area contributed by atoms with E-state index in [1.165, 1.54) is 7.11 Å². The molecule has 0 aliphatic rings. The van der Waals surface area contributed by atoms with Gasteiger partial charge >= 0.3 is 0 Å². The van der Waals surface area contributed by atoms with Crippen LogP contribution < -0.4 is 10.1 Å². The molecule has 0 saturated carbocycles. The van der Waals surface area contributed by atoms with Crippen LogP contribution in [0, 0.1) is 25.2 Å². The van der Waals surface area contributed by atoms with Crippen molar-refractivity contribution in [1.29, 1.82) is 5.26 Å². The zero-order chi connectivity index (χ0) is 22.5. The minimum atomic E-state index is -0.540. The molecule has 1 amide bonds. The minimum absolute atomic E-state index is 0.0459. The lowest BCUT2D eigenvalue weighted by Gasteiger charge is -2.08. The van der Waals surface area contributed by atoms with E-state index in [4.69, 9.17) is 27.9 Å². The monoisotopic (exact) mass is 454 g/mol. The summed E-state index contributed by atoms with van der Waals surface area (Å²) in [6.45, 7) is 4.20. The van der Waals surface area contributed by atoms with Crippen LogP contribution in [0.2, 0.25) is 10.0 Å². The molecule has 0 spiro atoms. The number of halogens is 2. The molecule has 1 heterocycles. The number of benzene rings is 2. The quantitative estimate of drug-likeness (QED) is 0.398. The highest BCUT2D eigenvalue weighted by Gasteiger charge is 2.16. The number of nitrogens with one attached hydrogen (secondary N) is 1. The summed E-state index contributed by atoms with van der Waals surface area (Å²) in [6.07, 6.45) is 1.54. The van der Waals surface area contributed by atoms with Crippen LogP contribution in [0.15, 0.2) is 48.0 Å². The first-order chi connectivity index (χ1) is 14.8. The van der Waals surface area contributed by atoms with Gasteiger partial charge in [-0.2, -0.15) is 10.4 Å². The summed E-state index contributed by atoms with van der Waals surface area (Å²) in [5, 5.41) is 17.8. The van der Waals surface area contributed by atoms with Gasteiger partial charge in [0.1, 0.15) is 17.4 Å². The molecule has 0 atom stereocenters. The number of nitrogens with zero attached hydrogens (tertiary/aromatic N) is 3. The number of carbonyl (C=O) groups is 1. The fourth-order valence-corrected chi connectivity index (χ4v) is 3.55. The van der Waals surface area contributed by atoms with E-state index in [1.54, 1.807) is 29.0 Å². The van der Waals surface area contributed by atoms with E-state index in [9.17, 15) is 10.1 Å². The summed E-state index contributed by atoms with van der Waals surface area (Å²) in [5.74, 6) is -0.0470. The Morgan fingerprint density at radius 3 is 2.61 bits per heavy atom. The fourth-order valence-electron chi connectivity index (χ4n) is 3.10. The summed E-state index contributed by atoms with van der Waals surface area (Å²) in [4.78, 5) is 12.7. The number of methoxy groups -OCH3 is 1. The number of ether oxygens (including phenoxy) is 1. The van der Waals surface area contributed by atoms with Crippen LogP contribution in [0.3, 0.4) is 0 Å². The maximum Gasteiger partial charge on any atom is 0.266 e. The van der Waals surface area contributed by atoms with Crippen LogP contribution in [0.1, 0.15) is 22.5 Å². The van der Waals surface area contributed by atoms with Crippen molar-refractivity contribution >= 4 is 40.9 Å². The number of aryl methyl sites for hydroxylation is 1. The molecule has 0 aliphatic carbocycles. The first kappa shape index (κ1) is 22.4. The molecular weight excluding hydrogens is 435 g/mol. The van der Waals surface area contributed by atoms with Gasteiger partial charge in [-0.3, -0.25) is 9.48 Å². The van der Waals surface area contributed by atoms with E-state index in [0.29, 0.717) is 39.3 Å². The second-order valence-corrected chi connectivity index (χ2v) is 7.62. The Kier molecular flexibility index (Phi) is 7.01. The predicted octanol–water partition coefficient (Wildman–Crippen LogP) is 5.41. The molecule has 0 fully saturated rings. The van der Waals surface area contributed by atoms with Crippen LogP contribution >= 0.6 is 23.2 Å². The number of aromatic nitrogens is 2. The van der Waals surface area contributed by atoms with Gasteiger partial charge < -0.3 is 10.1 Å². The lowest BCUT2D eigenvalue weighted by Crippen LogP contribution is -2.13. The molecule has 1 aromatic heterocycles. The molecule has 8 heteroatoms. The third kappa shape index (κ3) is 5.08. The molecule has 1 N–H and O–H groups in total. The van der Waals surface area contributed by atoms with Gasteiger partial charge in [0, 0.05) is 22.0 Å². The highest BCUT2D eigenvalue weighted by molar-refractivity contribution is 6.32. The van der Waals surface area contributed by atoms with Crippen LogP contribution in [-0.2, 0) is 11.3 Å². The normalized spacial score (nSPS) is 11.2. The highest BCUT2D eigenvalue weighted by atomic mass is 35.5. The van der Waals surface area contributed by atoms with Crippen molar-refractivity contribution in [2.24, 2.45) is 0 Å². The van der Waals surface area contributed by atoms with Crippen molar-refractivity contribution in [2.75, 3.05) is 12.4 Å². The van der Waals surface area contributed by atoms with Crippen molar-refractivity contribution in [3.8, 4) is 11.8 Å². The van der Waals surface area contributed by atoms with Gasteiger partial charge in [0.25, 0.3) is 5.91 Å². The molecule has 0 radical (unpaired) electrons. The Hall–Kier alpha value is -3.27. The number of hydrogen-bond acceptors (Lipinski definition) is 4. The second kappa shape index (κ2) is 9.69. The summed E-state index contributed by atoms with van der Waals surface area (Å²) in [7, 11) is 1.51. The molecule has 2 aromatic carbocycles. The summed E-state index contributed by atoms with van der Waals surface area (Å²) < 4.78 is 6.91. The number of rotatable bonds is 6. The van der Waals surface area contributed by atoms with Crippen molar-refractivity contribution < 1.29 is 9.53 Å². The lowest BCUT2D eigenvalue weighted by molar-refractivity contribution is -0.112. The van der Waals surface area contributed by atoms with Crippen molar-refractivity contribution in [2.45, 2.75) is 20.4 Å². The zero-order valence-electron chi connectivity index (χ0n) is 17.2. The average Bonchev–Trinajstić information content (AvgIpc) is 3.00. The van der Waals surface area contributed by atoms with E-state index in [2.05, 4.69) is 10.4 Å². The van der Waals surface area contributed by atoms with Crippen LogP contribution in [-0.4, -0.2) is 22.8 Å². The Morgan fingerprint density at radius 1 is 1.23 bits per heavy atom. The number of anilines is 1. The van der Waals surface area contributed by atoms with E-state index < -0.39 is 5.91 Å². The van der Waals surface area contributed by atoms with E-state index >= 15 is 0 Å². The second-order valence-electron chi connectivity index (χ2n) is 6.81. The molecule has 158 valence electrons. The average molecular weight is 455 g/mol. The lowest BCUT2D eigenvalue weighted by atomic mass is 10.1. The van der Waals surface area contributed by atoms with Crippen LogP contribution in [0.5, 0.6) is 5.75 Å². The van der Waals surface area contributed by atoms with Crippen LogP contribution in [0.4, 0.5) is 5.69 Å². The van der Waals surface area contributed by atoms with E-state index in [0.717, 1.165) is 11.3 Å². The standard InChI is InChI=1S/C23H20Cl2N4O2/c1-14-19(15(2)29(28-14)13-16-6-4-5-7-20(16)24)10-17(12-26)23(30)27-18-8-9-22(31-3)21(25)11-18/h4-11H,13H2,1-3H3,(H,27,30)/b17-10+. The summed E-state index contributed by atoms with van der Waals surface area (Å²) in [5.41, 5.74) is 3.59. The third-order valence-corrected chi connectivity index (χ3v) is 5.44. The topological polar surface area (TPSA) is 79.9 Å². The molecule has 0 saturated heterocycles. The smallest absolute Gasteiger partial charge is 0.266 e. The predicted molar refractivity (Wildman–Crippen MR) is 122 cm³/mol. The Bertz CT molecular complexity index is 1210. The molecule has 0 bridgehead atoms. The minimum Gasteiger partial charge on any atom is -0.495 e. The number of hydrogen-bond donors (Lipinski definition) is 1.